The van der Waals surface area contributed by atoms with E-state index in [2.05, 4.69) is 5.32 Å². The molecule has 0 saturated heterocycles. The number of nitrogens with one attached hydrogen (secondary N) is 1. The molecule has 2 amide bonds. The second kappa shape index (κ2) is 9.16. The van der Waals surface area contributed by atoms with Crippen LogP contribution in [0.1, 0.15) is 0 Å². The first-order chi connectivity index (χ1) is 12.7. The van der Waals surface area contributed by atoms with Crippen molar-refractivity contribution in [2.45, 2.75) is 3.79 Å². The highest BCUT2D eigenvalue weighted by molar-refractivity contribution is 6.76. The summed E-state index contributed by atoms with van der Waals surface area (Å²) < 4.78 is 3.14. The van der Waals surface area contributed by atoms with Gasteiger partial charge in [-0.1, -0.05) is 58.5 Å². The Morgan fingerprint density at radius 3 is 2.48 bits per heavy atom. The average molecular weight is 447 g/mol. The Kier molecular flexibility index (Phi) is 7.17. The predicted octanol–water partition coefficient (Wildman–Crippen LogP) is 5.18. The van der Waals surface area contributed by atoms with Crippen LogP contribution in [0.5, 0.6) is 5.75 Å². The number of carbonyl (C=O) groups is 2. The normalized spacial score (nSPS) is 10.6. The van der Waals surface area contributed by atoms with Crippen LogP contribution in [0.3, 0.4) is 0 Å². The van der Waals surface area contributed by atoms with Crippen molar-refractivity contribution < 1.29 is 14.3 Å². The zero-order chi connectivity index (χ0) is 20.0. The summed E-state index contributed by atoms with van der Waals surface area (Å²) in [5.74, 6) is -0.743. The van der Waals surface area contributed by atoms with Crippen LogP contribution in [0.25, 0.3) is 0 Å². The highest BCUT2D eigenvalue weighted by Crippen LogP contribution is 2.28. The minimum Gasteiger partial charge on any atom is -0.410 e. The third-order valence-electron chi connectivity index (χ3n) is 3.12. The van der Waals surface area contributed by atoms with Crippen LogP contribution in [-0.4, -0.2) is 22.3 Å². The van der Waals surface area contributed by atoms with E-state index in [9.17, 15) is 9.59 Å². The van der Waals surface area contributed by atoms with E-state index in [-0.39, 0.29) is 18.0 Å². The Morgan fingerprint density at radius 1 is 1.15 bits per heavy atom. The molecule has 6 nitrogen and oxygen atoms in total. The summed E-state index contributed by atoms with van der Waals surface area (Å²) in [6.45, 7) is -0.247. The van der Waals surface area contributed by atoms with Crippen LogP contribution in [0, 0.1) is 11.3 Å². The largest absolute Gasteiger partial charge is 0.420 e. The van der Waals surface area contributed by atoms with Crippen LogP contribution in [-0.2, 0) is 4.79 Å². The van der Waals surface area contributed by atoms with Crippen molar-refractivity contribution in [3.63, 3.8) is 0 Å². The number of nitrogens with zero attached hydrogens (tertiary/aromatic N) is 2. The molecule has 2 aromatic carbocycles. The summed E-state index contributed by atoms with van der Waals surface area (Å²) in [5.41, 5.74) is 0.654. The Bertz CT molecular complexity index is 893. The number of alkyl halides is 3. The number of ether oxygens (including phenoxy) is 1. The molecule has 2 rings (SSSR count). The molecule has 0 aliphatic rings. The van der Waals surface area contributed by atoms with Gasteiger partial charge in [0, 0.05) is 22.5 Å². The van der Waals surface area contributed by atoms with Crippen LogP contribution < -0.4 is 15.0 Å². The third-order valence-corrected chi connectivity index (χ3v) is 3.87. The van der Waals surface area contributed by atoms with Crippen LogP contribution in [0.2, 0.25) is 5.02 Å². The van der Waals surface area contributed by atoms with Crippen LogP contribution in [0.15, 0.2) is 48.5 Å². The van der Waals surface area contributed by atoms with Gasteiger partial charge >= 0.3 is 6.09 Å². The molecule has 0 bridgehead atoms. The molecule has 140 valence electrons. The molecule has 0 atom stereocenters. The first-order valence-electron chi connectivity index (χ1n) is 7.31. The number of nitriles is 1. The fourth-order valence-corrected chi connectivity index (χ4v) is 2.30. The summed E-state index contributed by atoms with van der Waals surface area (Å²) in [7, 11) is 0. The topological polar surface area (TPSA) is 82.4 Å². The van der Waals surface area contributed by atoms with Crippen molar-refractivity contribution in [1.29, 1.82) is 5.26 Å². The quantitative estimate of drug-likeness (QED) is 0.518. The third kappa shape index (κ3) is 6.19. The van der Waals surface area contributed by atoms with Crippen molar-refractivity contribution in [3.05, 3.63) is 53.6 Å². The molecule has 0 aliphatic carbocycles. The highest BCUT2D eigenvalue weighted by Gasteiger charge is 2.30. The maximum atomic E-state index is 12.5. The van der Waals surface area contributed by atoms with Gasteiger partial charge in [-0.15, -0.1) is 0 Å². The molecule has 0 aromatic heterocycles. The fraction of sp³-hybridized carbons (Fsp3) is 0.118. The van der Waals surface area contributed by atoms with Crippen molar-refractivity contribution in [2.24, 2.45) is 0 Å². The molecule has 2 aromatic rings. The van der Waals surface area contributed by atoms with E-state index in [1.54, 1.807) is 18.2 Å². The summed E-state index contributed by atoms with van der Waals surface area (Å²) in [4.78, 5) is 25.3. The smallest absolute Gasteiger partial charge is 0.410 e. The van der Waals surface area contributed by atoms with Gasteiger partial charge in [-0.2, -0.15) is 5.26 Å². The van der Waals surface area contributed by atoms with Gasteiger partial charge in [0.15, 0.2) is 0 Å². The molecule has 0 fully saturated rings. The van der Waals surface area contributed by atoms with E-state index in [0.717, 1.165) is 4.90 Å². The lowest BCUT2D eigenvalue weighted by atomic mass is 10.3. The standard InChI is InChI=1S/C17H11Cl4N3O3/c18-11-3-1-5-13(9-11)24(8-7-22)16(26)27-14-6-2-4-12(10-14)23-15(25)17(19,20)21/h1-6,9-10H,8H2,(H,23,25). The fourth-order valence-electron chi connectivity index (χ4n) is 1.97. The Balaban J connectivity index is 2.17. The average Bonchev–Trinajstić information content (AvgIpc) is 2.59. The Hall–Kier alpha value is -2.17. The number of anilines is 2. The molecular weight excluding hydrogens is 436 g/mol. The van der Waals surface area contributed by atoms with Gasteiger partial charge in [0.2, 0.25) is 0 Å². The van der Waals surface area contributed by atoms with Crippen molar-refractivity contribution in [2.75, 3.05) is 16.8 Å². The Labute approximate surface area is 175 Å². The van der Waals surface area contributed by atoms with Crippen LogP contribution in [0.4, 0.5) is 16.2 Å². The van der Waals surface area contributed by atoms with Crippen molar-refractivity contribution >= 4 is 69.8 Å². The van der Waals surface area contributed by atoms with E-state index in [4.69, 9.17) is 56.4 Å². The predicted molar refractivity (Wildman–Crippen MR) is 106 cm³/mol. The van der Waals surface area contributed by atoms with E-state index in [1.807, 2.05) is 6.07 Å². The zero-order valence-corrected chi connectivity index (χ0v) is 16.5. The monoisotopic (exact) mass is 445 g/mol. The maximum Gasteiger partial charge on any atom is 0.420 e. The first kappa shape index (κ1) is 21.1. The minimum absolute atomic E-state index is 0.118. The molecule has 0 aliphatic heterocycles. The molecule has 10 heteroatoms. The molecule has 1 N–H and O–H groups in total. The van der Waals surface area contributed by atoms with Gasteiger partial charge in [0.05, 0.1) is 6.07 Å². The van der Waals surface area contributed by atoms with Crippen molar-refractivity contribution in [1.82, 2.24) is 0 Å². The molecule has 0 heterocycles. The lowest BCUT2D eigenvalue weighted by molar-refractivity contribution is -0.115. The second-order valence-corrected chi connectivity index (χ2v) is 7.79. The first-order valence-corrected chi connectivity index (χ1v) is 8.82. The summed E-state index contributed by atoms with van der Waals surface area (Å²) in [6, 6.07) is 14.2. The van der Waals surface area contributed by atoms with E-state index in [1.165, 1.54) is 30.3 Å². The summed E-state index contributed by atoms with van der Waals surface area (Å²) >= 11 is 22.4. The molecule has 0 unspecified atom stereocenters. The molecule has 0 saturated carbocycles. The van der Waals surface area contributed by atoms with E-state index < -0.39 is 15.8 Å². The van der Waals surface area contributed by atoms with Crippen LogP contribution >= 0.6 is 46.4 Å². The molecule has 0 radical (unpaired) electrons. The lowest BCUT2D eigenvalue weighted by Gasteiger charge is -2.19. The van der Waals surface area contributed by atoms with Gasteiger partial charge in [-0.3, -0.25) is 9.69 Å². The number of carbonyl (C=O) groups excluding carboxylic acids is 2. The number of benzene rings is 2. The highest BCUT2D eigenvalue weighted by atomic mass is 35.6. The zero-order valence-electron chi connectivity index (χ0n) is 13.5. The van der Waals surface area contributed by atoms with E-state index >= 15 is 0 Å². The van der Waals surface area contributed by atoms with Gasteiger partial charge in [0.25, 0.3) is 9.70 Å². The lowest BCUT2D eigenvalue weighted by Crippen LogP contribution is -2.34. The number of amides is 2. The van der Waals surface area contributed by atoms with E-state index in [0.29, 0.717) is 10.7 Å². The number of rotatable bonds is 4. The molecule has 0 spiro atoms. The van der Waals surface area contributed by atoms with Gasteiger partial charge < -0.3 is 10.1 Å². The summed E-state index contributed by atoms with van der Waals surface area (Å²) in [6.07, 6.45) is -0.802. The molecular formula is C17H11Cl4N3O3. The van der Waals surface area contributed by atoms with Crippen molar-refractivity contribution in [3.8, 4) is 11.8 Å². The SMILES string of the molecule is N#CCN(C(=O)Oc1cccc(NC(=O)C(Cl)(Cl)Cl)c1)c1cccc(Cl)c1. The number of hydrogen-bond acceptors (Lipinski definition) is 4. The maximum absolute atomic E-state index is 12.5. The van der Waals surface area contributed by atoms with Gasteiger partial charge in [0.1, 0.15) is 12.3 Å². The van der Waals surface area contributed by atoms with Gasteiger partial charge in [-0.05, 0) is 30.3 Å². The number of hydrogen-bond donors (Lipinski definition) is 1. The molecule has 27 heavy (non-hydrogen) atoms. The second-order valence-electron chi connectivity index (χ2n) is 5.07. The Morgan fingerprint density at radius 2 is 1.85 bits per heavy atom. The number of halogens is 4. The minimum atomic E-state index is -2.14. The van der Waals surface area contributed by atoms with Gasteiger partial charge in [-0.25, -0.2) is 4.79 Å². The summed E-state index contributed by atoms with van der Waals surface area (Å²) in [5, 5.41) is 11.8.